The molecule has 3 amide bonds. The van der Waals surface area contributed by atoms with Gasteiger partial charge in [-0.2, -0.15) is 0 Å². The van der Waals surface area contributed by atoms with Crippen molar-refractivity contribution < 1.29 is 9.59 Å². The Morgan fingerprint density at radius 3 is 2.52 bits per heavy atom. The Bertz CT molecular complexity index is 1030. The Kier molecular flexibility index (Phi) is 5.87. The summed E-state index contributed by atoms with van der Waals surface area (Å²) < 4.78 is 1.52. The molecule has 27 heavy (non-hydrogen) atoms. The topological polar surface area (TPSA) is 93.1 Å². The van der Waals surface area contributed by atoms with Gasteiger partial charge in [0.15, 0.2) is 5.16 Å². The molecule has 0 spiro atoms. The van der Waals surface area contributed by atoms with Crippen LogP contribution in [0.2, 0.25) is 0 Å². The van der Waals surface area contributed by atoms with Crippen LogP contribution in [0.15, 0.2) is 64.5 Å². The lowest BCUT2D eigenvalue weighted by atomic mass is 10.2. The third-order valence-corrected chi connectivity index (χ3v) is 4.74. The van der Waals surface area contributed by atoms with Crippen LogP contribution >= 0.6 is 11.8 Å². The standard InChI is InChI=1S/C19H18N4O3S/c1-2-23-17(25)14-10-6-7-11-15(14)21-19(23)27-12-16(24)22-18(26)20-13-8-4-3-5-9-13/h3-11H,2,12H2,1H3,(H2,20,22,24,26). The van der Waals surface area contributed by atoms with Gasteiger partial charge in [-0.25, -0.2) is 9.78 Å². The summed E-state index contributed by atoms with van der Waals surface area (Å²) in [5, 5.41) is 5.82. The second-order valence-electron chi connectivity index (χ2n) is 5.62. The third kappa shape index (κ3) is 4.53. The van der Waals surface area contributed by atoms with Crippen LogP contribution in [0.1, 0.15) is 6.92 Å². The van der Waals surface area contributed by atoms with Crippen molar-refractivity contribution in [3.05, 3.63) is 65.0 Å². The van der Waals surface area contributed by atoms with E-state index in [4.69, 9.17) is 0 Å². The van der Waals surface area contributed by atoms with Crippen molar-refractivity contribution >= 4 is 40.3 Å². The molecule has 3 aromatic rings. The summed E-state index contributed by atoms with van der Waals surface area (Å²) >= 11 is 1.12. The van der Waals surface area contributed by atoms with Gasteiger partial charge in [-0.05, 0) is 31.2 Å². The Morgan fingerprint density at radius 1 is 1.07 bits per heavy atom. The van der Waals surface area contributed by atoms with Crippen LogP contribution < -0.4 is 16.2 Å². The first-order chi connectivity index (χ1) is 13.1. The molecule has 0 aliphatic carbocycles. The molecule has 0 radical (unpaired) electrons. The Balaban J connectivity index is 1.66. The van der Waals surface area contributed by atoms with Crippen LogP contribution in [-0.2, 0) is 11.3 Å². The molecule has 0 bridgehead atoms. The number of thioether (sulfide) groups is 1. The van der Waals surface area contributed by atoms with Crippen LogP contribution in [0.4, 0.5) is 10.5 Å². The van der Waals surface area contributed by atoms with Crippen LogP contribution in [0, 0.1) is 0 Å². The lowest BCUT2D eigenvalue weighted by molar-refractivity contribution is -0.117. The number of nitrogens with one attached hydrogen (secondary N) is 2. The molecule has 3 rings (SSSR count). The van der Waals surface area contributed by atoms with Gasteiger partial charge in [0.05, 0.1) is 16.7 Å². The number of amides is 3. The van der Waals surface area contributed by atoms with Gasteiger partial charge in [0.25, 0.3) is 5.56 Å². The summed E-state index contributed by atoms with van der Waals surface area (Å²) in [4.78, 5) is 40.9. The van der Waals surface area contributed by atoms with Crippen molar-refractivity contribution in [3.63, 3.8) is 0 Å². The van der Waals surface area contributed by atoms with E-state index in [1.54, 1.807) is 48.5 Å². The molecule has 2 N–H and O–H groups in total. The minimum Gasteiger partial charge on any atom is -0.308 e. The number of urea groups is 1. The van der Waals surface area contributed by atoms with Crippen molar-refractivity contribution in [3.8, 4) is 0 Å². The van der Waals surface area contributed by atoms with Crippen LogP contribution in [0.3, 0.4) is 0 Å². The predicted molar refractivity (Wildman–Crippen MR) is 106 cm³/mol. The lowest BCUT2D eigenvalue weighted by Crippen LogP contribution is -2.35. The fourth-order valence-corrected chi connectivity index (χ4v) is 3.38. The Labute approximate surface area is 159 Å². The van der Waals surface area contributed by atoms with Gasteiger partial charge in [0.1, 0.15) is 0 Å². The van der Waals surface area contributed by atoms with Gasteiger partial charge >= 0.3 is 6.03 Å². The van der Waals surface area contributed by atoms with Crippen molar-refractivity contribution in [1.82, 2.24) is 14.9 Å². The van der Waals surface area contributed by atoms with E-state index >= 15 is 0 Å². The van der Waals surface area contributed by atoms with Crippen LogP contribution in [-0.4, -0.2) is 27.2 Å². The summed E-state index contributed by atoms with van der Waals surface area (Å²) in [7, 11) is 0. The zero-order chi connectivity index (χ0) is 19.2. The number of para-hydroxylation sites is 2. The highest BCUT2D eigenvalue weighted by Gasteiger charge is 2.13. The molecule has 0 fully saturated rings. The summed E-state index contributed by atoms with van der Waals surface area (Å²) in [6.45, 7) is 2.28. The number of benzene rings is 2. The molecule has 1 heterocycles. The number of fused-ring (bicyclic) bond motifs is 1. The number of imide groups is 1. The maximum absolute atomic E-state index is 12.6. The zero-order valence-electron chi connectivity index (χ0n) is 14.6. The van der Waals surface area contributed by atoms with Gasteiger partial charge in [0, 0.05) is 12.2 Å². The first-order valence-electron chi connectivity index (χ1n) is 8.36. The summed E-state index contributed by atoms with van der Waals surface area (Å²) in [5.41, 5.74) is 1.02. The molecular weight excluding hydrogens is 364 g/mol. The third-order valence-electron chi connectivity index (χ3n) is 3.76. The number of rotatable bonds is 5. The molecule has 0 saturated heterocycles. The van der Waals surface area contributed by atoms with E-state index in [0.29, 0.717) is 28.3 Å². The SMILES string of the molecule is CCn1c(SCC(=O)NC(=O)Nc2ccccc2)nc2ccccc2c1=O. The monoisotopic (exact) mass is 382 g/mol. The van der Waals surface area contributed by atoms with E-state index in [1.165, 1.54) is 4.57 Å². The molecule has 0 aliphatic rings. The van der Waals surface area contributed by atoms with E-state index in [2.05, 4.69) is 15.6 Å². The molecule has 0 unspecified atom stereocenters. The average molecular weight is 382 g/mol. The van der Waals surface area contributed by atoms with E-state index < -0.39 is 11.9 Å². The van der Waals surface area contributed by atoms with Crippen molar-refractivity contribution in [2.75, 3.05) is 11.1 Å². The highest BCUT2D eigenvalue weighted by molar-refractivity contribution is 7.99. The van der Waals surface area contributed by atoms with Crippen molar-refractivity contribution in [2.45, 2.75) is 18.6 Å². The van der Waals surface area contributed by atoms with E-state index in [0.717, 1.165) is 11.8 Å². The zero-order valence-corrected chi connectivity index (χ0v) is 15.5. The van der Waals surface area contributed by atoms with Gasteiger partial charge in [-0.3, -0.25) is 19.5 Å². The molecule has 0 atom stereocenters. The normalized spacial score (nSPS) is 10.6. The van der Waals surface area contributed by atoms with E-state index in [9.17, 15) is 14.4 Å². The number of carbonyl (C=O) groups is 2. The molecule has 7 nitrogen and oxygen atoms in total. The largest absolute Gasteiger partial charge is 0.325 e. The first-order valence-corrected chi connectivity index (χ1v) is 9.35. The highest BCUT2D eigenvalue weighted by atomic mass is 32.2. The van der Waals surface area contributed by atoms with Crippen molar-refractivity contribution in [1.29, 1.82) is 0 Å². The molecule has 2 aromatic carbocycles. The van der Waals surface area contributed by atoms with Gasteiger partial charge in [-0.15, -0.1) is 0 Å². The maximum atomic E-state index is 12.6. The minimum atomic E-state index is -0.605. The molecule has 8 heteroatoms. The number of aromatic nitrogens is 2. The first kappa shape index (κ1) is 18.7. The highest BCUT2D eigenvalue weighted by Crippen LogP contribution is 2.17. The summed E-state index contributed by atoms with van der Waals surface area (Å²) in [6.07, 6.45) is 0. The lowest BCUT2D eigenvalue weighted by Gasteiger charge is -2.11. The van der Waals surface area contributed by atoms with E-state index in [1.807, 2.05) is 13.0 Å². The van der Waals surface area contributed by atoms with Gasteiger partial charge in [0.2, 0.25) is 5.91 Å². The summed E-state index contributed by atoms with van der Waals surface area (Å²) in [6, 6.07) is 15.3. The van der Waals surface area contributed by atoms with Gasteiger partial charge in [-0.1, -0.05) is 42.1 Å². The fourth-order valence-electron chi connectivity index (χ4n) is 2.51. The quantitative estimate of drug-likeness (QED) is 0.523. The number of hydrogen-bond donors (Lipinski definition) is 2. The minimum absolute atomic E-state index is 0.0347. The summed E-state index contributed by atoms with van der Waals surface area (Å²) in [5.74, 6) is -0.508. The fraction of sp³-hybridized carbons (Fsp3) is 0.158. The van der Waals surface area contributed by atoms with E-state index in [-0.39, 0.29) is 11.3 Å². The number of hydrogen-bond acceptors (Lipinski definition) is 5. The molecule has 138 valence electrons. The van der Waals surface area contributed by atoms with Crippen LogP contribution in [0.5, 0.6) is 0 Å². The smallest absolute Gasteiger partial charge is 0.308 e. The average Bonchev–Trinajstić information content (AvgIpc) is 2.67. The Morgan fingerprint density at radius 2 is 1.78 bits per heavy atom. The number of nitrogens with zero attached hydrogens (tertiary/aromatic N) is 2. The Hall–Kier alpha value is -3.13. The van der Waals surface area contributed by atoms with Gasteiger partial charge < -0.3 is 5.32 Å². The molecule has 0 saturated carbocycles. The second kappa shape index (κ2) is 8.50. The predicted octanol–water partition coefficient (Wildman–Crippen LogP) is 2.86. The van der Waals surface area contributed by atoms with Crippen LogP contribution in [0.25, 0.3) is 10.9 Å². The second-order valence-corrected chi connectivity index (χ2v) is 6.56. The molecular formula is C19H18N4O3S. The molecule has 1 aromatic heterocycles. The van der Waals surface area contributed by atoms with Crippen molar-refractivity contribution in [2.24, 2.45) is 0 Å². The number of carbonyl (C=O) groups excluding carboxylic acids is 2. The molecule has 0 aliphatic heterocycles. The number of anilines is 1. The maximum Gasteiger partial charge on any atom is 0.325 e.